The number of nitrogens with zero attached hydrogens (tertiary/aromatic N) is 1. The summed E-state index contributed by atoms with van der Waals surface area (Å²) in [5.41, 5.74) is 2.44. The van der Waals surface area contributed by atoms with Crippen molar-refractivity contribution in [3.63, 3.8) is 0 Å². The third kappa shape index (κ3) is 5.31. The highest BCUT2D eigenvalue weighted by Gasteiger charge is 2.47. The molecule has 226 valence electrons. The lowest BCUT2D eigenvalue weighted by Gasteiger charge is -2.49. The second-order valence-electron chi connectivity index (χ2n) is 13.2. The van der Waals surface area contributed by atoms with Crippen molar-refractivity contribution in [3.8, 4) is 5.75 Å². The van der Waals surface area contributed by atoms with E-state index in [-0.39, 0.29) is 29.3 Å². The monoisotopic (exact) mass is 614 g/mol. The molecule has 2 aliphatic carbocycles. The quantitative estimate of drug-likeness (QED) is 0.447. The van der Waals surface area contributed by atoms with Crippen LogP contribution in [0.4, 0.5) is 5.69 Å². The second kappa shape index (κ2) is 10.7. The average molecular weight is 615 g/mol. The molecule has 0 radical (unpaired) electrons. The van der Waals surface area contributed by atoms with Gasteiger partial charge in [0.05, 0.1) is 29.8 Å². The number of benzene rings is 2. The Morgan fingerprint density at radius 1 is 1.07 bits per heavy atom. The van der Waals surface area contributed by atoms with Crippen LogP contribution in [-0.4, -0.2) is 63.2 Å². The van der Waals surface area contributed by atoms with Crippen molar-refractivity contribution in [2.75, 3.05) is 37.0 Å². The Kier molecular flexibility index (Phi) is 7.23. The summed E-state index contributed by atoms with van der Waals surface area (Å²) in [5.74, 6) is 0.533. The molecule has 3 aliphatic heterocycles. The fourth-order valence-electron chi connectivity index (χ4n) is 8.13. The standard InChI is InChI=1S/C32H39ClN2O6S/c33-24-6-8-26-21(15-24)3-1-10-31(26)19-35-18-23-4-7-25(23)29-17-32(37,12-13-40-29)11-2-14-42(38,39)34-30(36)22-5-9-28(41-20-31)27(35)16-22/h5-6,8-9,15-16,23,25,29,37H,1-4,7,10-14,17-20H2,(H,34,36)/t23-,25+,29-,31-,32-/m0/s1. The highest BCUT2D eigenvalue weighted by molar-refractivity contribution is 7.90. The minimum absolute atomic E-state index is 0.0488. The lowest BCUT2D eigenvalue weighted by Crippen LogP contribution is -2.52. The Morgan fingerprint density at radius 2 is 1.95 bits per heavy atom. The molecule has 1 saturated carbocycles. The van der Waals surface area contributed by atoms with Gasteiger partial charge >= 0.3 is 0 Å². The van der Waals surface area contributed by atoms with Crippen LogP contribution < -0.4 is 14.4 Å². The number of carbonyl (C=O) groups is 1. The summed E-state index contributed by atoms with van der Waals surface area (Å²) in [6.07, 6.45) is 6.73. The SMILES string of the molecule is O=C1NS(=O)(=O)CCC[C@]2(O)CCO[C@@H](C2)[C@@H]2CC[C@H]2CN2C[C@@]3(CCCc4cc(Cl)ccc43)COc3ccc1cc32. The van der Waals surface area contributed by atoms with Crippen molar-refractivity contribution in [1.82, 2.24) is 4.72 Å². The first kappa shape index (κ1) is 28.4. The number of hydrogen-bond donors (Lipinski definition) is 2. The molecule has 2 N–H and O–H groups in total. The van der Waals surface area contributed by atoms with Crippen LogP contribution in [0.2, 0.25) is 5.02 Å². The van der Waals surface area contributed by atoms with Gasteiger partial charge in [-0.05, 0) is 105 Å². The van der Waals surface area contributed by atoms with Gasteiger partial charge in [-0.3, -0.25) is 4.79 Å². The molecule has 8 nitrogen and oxygen atoms in total. The summed E-state index contributed by atoms with van der Waals surface area (Å²) in [5, 5.41) is 12.2. The van der Waals surface area contributed by atoms with E-state index in [4.69, 9.17) is 21.1 Å². The largest absolute Gasteiger partial charge is 0.490 e. The van der Waals surface area contributed by atoms with Crippen LogP contribution in [0.25, 0.3) is 0 Å². The zero-order chi connectivity index (χ0) is 29.1. The van der Waals surface area contributed by atoms with E-state index in [2.05, 4.69) is 21.8 Å². The average Bonchev–Trinajstić information content (AvgIpc) is 3.07. The molecule has 2 aromatic rings. The minimum atomic E-state index is -3.87. The molecule has 42 heavy (non-hydrogen) atoms. The number of fused-ring (bicyclic) bond motifs is 7. The number of amides is 1. The molecule has 10 heteroatoms. The van der Waals surface area contributed by atoms with E-state index in [1.54, 1.807) is 18.2 Å². The van der Waals surface area contributed by atoms with Gasteiger partial charge in [0.2, 0.25) is 10.0 Å². The maximum absolute atomic E-state index is 13.2. The van der Waals surface area contributed by atoms with E-state index in [9.17, 15) is 18.3 Å². The molecule has 1 saturated heterocycles. The number of aryl methyl sites for hydroxylation is 1. The Labute approximate surface area is 252 Å². The summed E-state index contributed by atoms with van der Waals surface area (Å²) in [6, 6.07) is 11.4. The first-order valence-corrected chi connectivity index (χ1v) is 17.3. The van der Waals surface area contributed by atoms with E-state index < -0.39 is 21.5 Å². The number of carbonyl (C=O) groups excluding carboxylic acids is 1. The molecule has 3 heterocycles. The number of anilines is 1. The van der Waals surface area contributed by atoms with Crippen LogP contribution in [0, 0.1) is 11.8 Å². The van der Waals surface area contributed by atoms with Crippen molar-refractivity contribution in [3.05, 3.63) is 58.1 Å². The van der Waals surface area contributed by atoms with Crippen molar-refractivity contribution < 1.29 is 27.8 Å². The normalized spacial score (nSPS) is 34.2. The molecule has 5 atom stereocenters. The lowest BCUT2D eigenvalue weighted by atomic mass is 9.66. The van der Waals surface area contributed by atoms with Gasteiger partial charge in [0, 0.05) is 42.1 Å². The highest BCUT2D eigenvalue weighted by atomic mass is 35.5. The smallest absolute Gasteiger partial charge is 0.264 e. The third-order valence-corrected chi connectivity index (χ3v) is 12.0. The Hall–Kier alpha value is -2.33. The molecular weight excluding hydrogens is 576 g/mol. The van der Waals surface area contributed by atoms with Crippen molar-refractivity contribution >= 4 is 33.2 Å². The molecule has 5 aliphatic rings. The van der Waals surface area contributed by atoms with Crippen molar-refractivity contribution in [2.45, 2.75) is 74.9 Å². The first-order valence-electron chi connectivity index (χ1n) is 15.3. The lowest BCUT2D eigenvalue weighted by molar-refractivity contribution is -0.144. The molecule has 2 aromatic carbocycles. The maximum Gasteiger partial charge on any atom is 0.264 e. The fourth-order valence-corrected chi connectivity index (χ4v) is 9.35. The Bertz CT molecular complexity index is 1500. The van der Waals surface area contributed by atoms with Gasteiger partial charge in [-0.15, -0.1) is 0 Å². The number of nitrogens with one attached hydrogen (secondary N) is 1. The molecule has 0 unspecified atom stereocenters. The van der Waals surface area contributed by atoms with Gasteiger partial charge in [0.1, 0.15) is 5.75 Å². The Morgan fingerprint density at radius 3 is 2.79 bits per heavy atom. The number of halogens is 1. The zero-order valence-electron chi connectivity index (χ0n) is 23.8. The zero-order valence-corrected chi connectivity index (χ0v) is 25.4. The van der Waals surface area contributed by atoms with Gasteiger partial charge < -0.3 is 19.5 Å². The van der Waals surface area contributed by atoms with E-state index >= 15 is 0 Å². The summed E-state index contributed by atoms with van der Waals surface area (Å²) in [4.78, 5) is 15.6. The number of rotatable bonds is 0. The number of ether oxygens (including phenoxy) is 2. The molecular formula is C32H39ClN2O6S. The Balaban J connectivity index is 1.29. The molecule has 0 aromatic heterocycles. The molecule has 1 spiro atoms. The topological polar surface area (TPSA) is 105 Å². The summed E-state index contributed by atoms with van der Waals surface area (Å²) >= 11 is 6.40. The van der Waals surface area contributed by atoms with E-state index in [0.29, 0.717) is 50.1 Å². The maximum atomic E-state index is 13.2. The van der Waals surface area contributed by atoms with Crippen molar-refractivity contribution in [2.24, 2.45) is 11.8 Å². The predicted molar refractivity (Wildman–Crippen MR) is 161 cm³/mol. The molecule has 7 rings (SSSR count). The molecule has 1 amide bonds. The summed E-state index contributed by atoms with van der Waals surface area (Å²) < 4.78 is 40.8. The molecule has 4 bridgehead atoms. The van der Waals surface area contributed by atoms with Gasteiger partial charge in [0.15, 0.2) is 0 Å². The first-order chi connectivity index (χ1) is 20.1. The number of hydrogen-bond acceptors (Lipinski definition) is 7. The second-order valence-corrected chi connectivity index (χ2v) is 15.5. The van der Waals surface area contributed by atoms with Crippen molar-refractivity contribution in [1.29, 1.82) is 0 Å². The van der Waals surface area contributed by atoms with Crippen LogP contribution in [0.3, 0.4) is 0 Å². The molecule has 2 fully saturated rings. The summed E-state index contributed by atoms with van der Waals surface area (Å²) in [6.45, 7) is 2.47. The predicted octanol–water partition coefficient (Wildman–Crippen LogP) is 4.60. The van der Waals surface area contributed by atoms with E-state index in [1.165, 1.54) is 11.1 Å². The van der Waals surface area contributed by atoms with E-state index in [0.717, 1.165) is 55.9 Å². The summed E-state index contributed by atoms with van der Waals surface area (Å²) in [7, 11) is -3.87. The van der Waals surface area contributed by atoms with E-state index in [1.807, 2.05) is 6.07 Å². The third-order valence-electron chi connectivity index (χ3n) is 10.5. The minimum Gasteiger partial charge on any atom is -0.490 e. The van der Waals surface area contributed by atoms with Gasteiger partial charge in [-0.2, -0.15) is 0 Å². The van der Waals surface area contributed by atoms with Crippen LogP contribution in [-0.2, 0) is 26.6 Å². The van der Waals surface area contributed by atoms with Gasteiger partial charge in [0.25, 0.3) is 5.91 Å². The number of aliphatic hydroxyl groups is 1. The highest BCUT2D eigenvalue weighted by Crippen LogP contribution is 2.48. The van der Waals surface area contributed by atoms with Gasteiger partial charge in [-0.1, -0.05) is 17.7 Å². The van der Waals surface area contributed by atoms with Crippen LogP contribution in [0.1, 0.15) is 72.9 Å². The van der Waals surface area contributed by atoms with Gasteiger partial charge in [-0.25, -0.2) is 13.1 Å². The number of sulfonamides is 1. The van der Waals surface area contributed by atoms with Crippen LogP contribution in [0.15, 0.2) is 36.4 Å². The van der Waals surface area contributed by atoms with Crippen LogP contribution in [0.5, 0.6) is 5.75 Å². The van der Waals surface area contributed by atoms with Crippen LogP contribution >= 0.6 is 11.6 Å². The fraction of sp³-hybridized carbons (Fsp3) is 0.594.